The van der Waals surface area contributed by atoms with Crippen LogP contribution in [0.2, 0.25) is 14.8 Å². The molecule has 2 aliphatic rings. The van der Waals surface area contributed by atoms with Crippen molar-refractivity contribution in [3.63, 3.8) is 0 Å². The van der Waals surface area contributed by atoms with Gasteiger partial charge in [-0.3, -0.25) is 0 Å². The van der Waals surface area contributed by atoms with Crippen LogP contribution in [0, 0.1) is 17.0 Å². The fourth-order valence-electron chi connectivity index (χ4n) is 5.85. The van der Waals surface area contributed by atoms with E-state index in [4.69, 9.17) is 4.98 Å². The first kappa shape index (κ1) is 21.0. The molecule has 0 spiro atoms. The van der Waals surface area contributed by atoms with Gasteiger partial charge in [-0.2, -0.15) is 0 Å². The van der Waals surface area contributed by atoms with Crippen molar-refractivity contribution in [2.24, 2.45) is 5.41 Å². The van der Waals surface area contributed by atoms with E-state index in [0.717, 1.165) is 29.8 Å². The fraction of sp³-hybridized carbons (Fsp3) is 0.400. The molecule has 1 aromatic carbocycles. The zero-order valence-electron chi connectivity index (χ0n) is 18.6. The minimum absolute atomic E-state index is 0.102. The molecule has 0 unspecified atom stereocenters. The number of hydrogen-bond donors (Lipinski definition) is 0. The number of nitrogens with zero attached hydrogens (tertiary/aromatic N) is 3. The van der Waals surface area contributed by atoms with Crippen molar-refractivity contribution in [2.75, 3.05) is 0 Å². The summed E-state index contributed by atoms with van der Waals surface area (Å²) in [5.74, 6) is -0.966. The van der Waals surface area contributed by atoms with E-state index >= 15 is 0 Å². The van der Waals surface area contributed by atoms with Crippen LogP contribution in [0.5, 0.6) is 0 Å². The molecule has 2 atom stereocenters. The zero-order valence-corrected chi connectivity index (χ0v) is 21.5. The number of halogens is 2. The van der Waals surface area contributed by atoms with Gasteiger partial charge < -0.3 is 0 Å². The van der Waals surface area contributed by atoms with E-state index in [1.807, 2.05) is 6.07 Å². The van der Waals surface area contributed by atoms with Gasteiger partial charge in [0.15, 0.2) is 0 Å². The summed E-state index contributed by atoms with van der Waals surface area (Å²) < 4.78 is 30.1. The first-order valence-electron chi connectivity index (χ1n) is 10.9. The van der Waals surface area contributed by atoms with Crippen LogP contribution in [0.25, 0.3) is 11.3 Å². The molecule has 1 fully saturated rings. The van der Waals surface area contributed by atoms with Crippen LogP contribution in [-0.4, -0.2) is 33.6 Å². The van der Waals surface area contributed by atoms with Gasteiger partial charge in [-0.1, -0.05) is 0 Å². The summed E-state index contributed by atoms with van der Waals surface area (Å²) in [6, 6.07) is 12.2. The molecule has 2 aliphatic carbocycles. The van der Waals surface area contributed by atoms with Crippen molar-refractivity contribution >= 4 is 22.1 Å². The molecular formula is C25H27F2N3Sn. The van der Waals surface area contributed by atoms with Crippen LogP contribution in [0.4, 0.5) is 8.78 Å². The van der Waals surface area contributed by atoms with Crippen molar-refractivity contribution in [3.8, 4) is 11.3 Å². The Morgan fingerprint density at radius 3 is 2.32 bits per heavy atom. The summed E-state index contributed by atoms with van der Waals surface area (Å²) in [6.07, 6.45) is 1.98. The van der Waals surface area contributed by atoms with E-state index in [0.29, 0.717) is 0 Å². The van der Waals surface area contributed by atoms with E-state index in [1.165, 1.54) is 21.9 Å². The Kier molecular flexibility index (Phi) is 4.60. The number of pyridine rings is 1. The van der Waals surface area contributed by atoms with Crippen LogP contribution >= 0.6 is 0 Å². The van der Waals surface area contributed by atoms with Crippen LogP contribution in [0.3, 0.4) is 0 Å². The van der Waals surface area contributed by atoms with Crippen molar-refractivity contribution in [3.05, 3.63) is 71.1 Å². The molecule has 0 radical (unpaired) electrons. The summed E-state index contributed by atoms with van der Waals surface area (Å²) in [7, 11) is 0. The molecule has 160 valence electrons. The summed E-state index contributed by atoms with van der Waals surface area (Å²) >= 11 is -2.36. The molecular weight excluding hydrogens is 499 g/mol. The van der Waals surface area contributed by atoms with Crippen LogP contribution in [0.15, 0.2) is 42.5 Å². The molecule has 0 N–H and O–H groups in total. The maximum absolute atomic E-state index is 14.4. The molecule has 1 saturated carbocycles. The Morgan fingerprint density at radius 2 is 1.65 bits per heavy atom. The number of rotatable bonds is 3. The van der Waals surface area contributed by atoms with E-state index in [1.54, 1.807) is 0 Å². The minimum atomic E-state index is -2.36. The van der Waals surface area contributed by atoms with Gasteiger partial charge in [0, 0.05) is 0 Å². The number of benzene rings is 1. The Balaban J connectivity index is 1.71. The topological polar surface area (TPSA) is 38.7 Å². The molecule has 0 aliphatic heterocycles. The maximum atomic E-state index is 14.4. The van der Waals surface area contributed by atoms with E-state index in [-0.39, 0.29) is 28.0 Å². The van der Waals surface area contributed by atoms with E-state index in [2.05, 4.69) is 57.1 Å². The molecule has 3 nitrogen and oxygen atoms in total. The molecule has 2 bridgehead atoms. The number of fused-ring (bicyclic) bond motifs is 5. The van der Waals surface area contributed by atoms with Gasteiger partial charge in [-0.15, -0.1) is 0 Å². The van der Waals surface area contributed by atoms with Crippen LogP contribution in [0.1, 0.15) is 49.6 Å². The Bertz CT molecular complexity index is 1180. The summed E-state index contributed by atoms with van der Waals surface area (Å²) in [6.45, 7) is 4.56. The van der Waals surface area contributed by atoms with Gasteiger partial charge in [0.2, 0.25) is 0 Å². The number of hydrogen-bond acceptors (Lipinski definition) is 3. The molecule has 3 aromatic rings. The summed E-state index contributed by atoms with van der Waals surface area (Å²) in [4.78, 5) is 12.3. The van der Waals surface area contributed by atoms with Crippen LogP contribution < -0.4 is 3.71 Å². The Hall–Kier alpha value is -1.89. The summed E-state index contributed by atoms with van der Waals surface area (Å²) in [5, 5.41) is 8.95. The predicted octanol–water partition coefficient (Wildman–Crippen LogP) is 5.57. The fourth-order valence-corrected chi connectivity index (χ4v) is 8.85. The first-order valence-corrected chi connectivity index (χ1v) is 20.9. The molecule has 0 amide bonds. The third-order valence-corrected chi connectivity index (χ3v) is 12.7. The van der Waals surface area contributed by atoms with Crippen molar-refractivity contribution in [2.45, 2.75) is 52.8 Å². The monoisotopic (exact) mass is 527 g/mol. The van der Waals surface area contributed by atoms with Gasteiger partial charge in [-0.05, 0) is 0 Å². The van der Waals surface area contributed by atoms with Gasteiger partial charge in [0.25, 0.3) is 0 Å². The second-order valence-corrected chi connectivity index (χ2v) is 24.8. The SMILES string of the molecule is CC1(C)[C@H]2CC[C@]1(c1ccc[c]([Sn]([CH3])([CH3])[CH3])n1)c1nnc(-c3c(F)cccc3F)cc12. The quantitative estimate of drug-likeness (QED) is 0.420. The van der Waals surface area contributed by atoms with Crippen LogP contribution in [-0.2, 0) is 5.41 Å². The van der Waals surface area contributed by atoms with Gasteiger partial charge in [0.1, 0.15) is 0 Å². The van der Waals surface area contributed by atoms with E-state index < -0.39 is 30.0 Å². The standard InChI is InChI=1S/C22H18F2N3.3CH3.Sn/c1-21(2)14-9-10-22(21,18-8-3-4-11-25-18)20-13(14)12-17(26-27-20)19-15(23)6-5-7-16(19)24;;;;/h3-8,12,14H,9-10H2,1-2H3;3*1H3;/t14-,22-;;;;/m0..../s1. The molecule has 6 heteroatoms. The van der Waals surface area contributed by atoms with E-state index in [9.17, 15) is 8.78 Å². The molecule has 31 heavy (non-hydrogen) atoms. The number of aromatic nitrogens is 3. The second kappa shape index (κ2) is 6.80. The Labute approximate surface area is 186 Å². The van der Waals surface area contributed by atoms with Crippen molar-refractivity contribution < 1.29 is 8.78 Å². The summed E-state index contributed by atoms with van der Waals surface area (Å²) in [5.41, 5.74) is 2.81. The molecule has 5 rings (SSSR count). The average molecular weight is 526 g/mol. The first-order chi connectivity index (χ1) is 14.6. The molecule has 2 heterocycles. The molecule has 2 aromatic heterocycles. The normalized spacial score (nSPS) is 23.8. The van der Waals surface area contributed by atoms with Gasteiger partial charge in [-0.25, -0.2) is 0 Å². The second-order valence-electron chi connectivity index (χ2n) is 10.5. The Morgan fingerprint density at radius 1 is 0.968 bits per heavy atom. The third kappa shape index (κ3) is 2.84. The van der Waals surface area contributed by atoms with Gasteiger partial charge >= 0.3 is 187 Å². The predicted molar refractivity (Wildman–Crippen MR) is 121 cm³/mol. The van der Waals surface area contributed by atoms with Crippen molar-refractivity contribution in [1.82, 2.24) is 15.2 Å². The van der Waals surface area contributed by atoms with Gasteiger partial charge in [0.05, 0.1) is 0 Å². The zero-order chi connectivity index (χ0) is 22.2. The third-order valence-electron chi connectivity index (χ3n) is 7.56. The average Bonchev–Trinajstić information content (AvgIpc) is 3.09. The van der Waals surface area contributed by atoms with Crippen molar-refractivity contribution in [1.29, 1.82) is 0 Å². The molecule has 0 saturated heterocycles.